The number of hydrogen-bond acceptors (Lipinski definition) is 7. The van der Waals surface area contributed by atoms with Crippen molar-refractivity contribution in [2.45, 2.75) is 31.5 Å². The molecular formula is C14H20N4O3S. The summed E-state index contributed by atoms with van der Waals surface area (Å²) in [6, 6.07) is 1.81. The van der Waals surface area contributed by atoms with Gasteiger partial charge in [-0.05, 0) is 26.8 Å². The summed E-state index contributed by atoms with van der Waals surface area (Å²) in [6.45, 7) is 6.24. The molecule has 0 saturated heterocycles. The number of sulfone groups is 1. The molecule has 0 aromatic carbocycles. The Hall–Kier alpha value is -1.80. The molecule has 0 saturated carbocycles. The molecule has 0 unspecified atom stereocenters. The van der Waals surface area contributed by atoms with Gasteiger partial charge in [0.2, 0.25) is 15.0 Å². The molecule has 2 rings (SSSR count). The summed E-state index contributed by atoms with van der Waals surface area (Å²) >= 11 is 0. The first-order chi connectivity index (χ1) is 10.1. The zero-order valence-corrected chi connectivity index (χ0v) is 14.2. The Morgan fingerprint density at radius 1 is 1.32 bits per heavy atom. The average molecular weight is 324 g/mol. The quantitative estimate of drug-likeness (QED) is 0.834. The highest BCUT2D eigenvalue weighted by atomic mass is 32.2. The van der Waals surface area contributed by atoms with Crippen LogP contribution in [0.4, 0.5) is 5.82 Å². The first-order valence-corrected chi connectivity index (χ1v) is 8.65. The minimum atomic E-state index is -3.47. The largest absolute Gasteiger partial charge is 0.377 e. The van der Waals surface area contributed by atoms with E-state index in [9.17, 15) is 8.42 Å². The maximum absolute atomic E-state index is 11.6. The third kappa shape index (κ3) is 3.69. The minimum Gasteiger partial charge on any atom is -0.377 e. The zero-order chi connectivity index (χ0) is 16.5. The van der Waals surface area contributed by atoms with Gasteiger partial charge in [0.05, 0.1) is 5.60 Å². The number of methoxy groups -OCH3 is 1. The number of nitrogens with zero attached hydrogens (tertiary/aromatic N) is 3. The average Bonchev–Trinajstić information content (AvgIpc) is 2.43. The molecule has 2 heterocycles. The van der Waals surface area contributed by atoms with Gasteiger partial charge in [-0.15, -0.1) is 0 Å². The topological polar surface area (TPSA) is 94.1 Å². The van der Waals surface area contributed by atoms with E-state index in [0.717, 1.165) is 17.3 Å². The van der Waals surface area contributed by atoms with Crippen molar-refractivity contribution in [3.8, 4) is 0 Å². The number of aromatic nitrogens is 3. The minimum absolute atomic E-state index is 0.209. The van der Waals surface area contributed by atoms with E-state index < -0.39 is 9.84 Å². The van der Waals surface area contributed by atoms with E-state index >= 15 is 0 Å². The Morgan fingerprint density at radius 2 is 2.00 bits per heavy atom. The zero-order valence-electron chi connectivity index (χ0n) is 13.3. The molecular weight excluding hydrogens is 304 g/mol. The molecule has 0 spiro atoms. The van der Waals surface area contributed by atoms with Crippen molar-refractivity contribution in [3.63, 3.8) is 0 Å². The van der Waals surface area contributed by atoms with Gasteiger partial charge >= 0.3 is 0 Å². The number of nitrogens with one attached hydrogen (secondary N) is 1. The van der Waals surface area contributed by atoms with Crippen molar-refractivity contribution in [2.75, 3.05) is 25.2 Å². The van der Waals surface area contributed by atoms with E-state index in [1.807, 2.05) is 26.8 Å². The van der Waals surface area contributed by atoms with Gasteiger partial charge in [-0.1, -0.05) is 0 Å². The van der Waals surface area contributed by atoms with Crippen LogP contribution in [-0.4, -0.2) is 48.9 Å². The predicted octanol–water partition coefficient (Wildman–Crippen LogP) is 1.57. The first-order valence-electron chi connectivity index (χ1n) is 6.76. The van der Waals surface area contributed by atoms with Crippen LogP contribution in [0.15, 0.2) is 17.4 Å². The van der Waals surface area contributed by atoms with E-state index in [-0.39, 0.29) is 10.8 Å². The summed E-state index contributed by atoms with van der Waals surface area (Å²) in [5.74, 6) is 0.521. The van der Waals surface area contributed by atoms with Crippen LogP contribution in [0.3, 0.4) is 0 Å². The summed E-state index contributed by atoms with van der Waals surface area (Å²) in [4.78, 5) is 12.5. The molecule has 8 heteroatoms. The number of aryl methyl sites for hydroxylation is 1. The van der Waals surface area contributed by atoms with Gasteiger partial charge in [0.1, 0.15) is 5.52 Å². The monoisotopic (exact) mass is 324 g/mol. The second kappa shape index (κ2) is 5.77. The van der Waals surface area contributed by atoms with Crippen molar-refractivity contribution in [1.82, 2.24) is 15.0 Å². The summed E-state index contributed by atoms with van der Waals surface area (Å²) < 4.78 is 28.6. The van der Waals surface area contributed by atoms with Crippen LogP contribution in [0.5, 0.6) is 0 Å². The molecule has 0 bridgehead atoms. The number of hydrogen-bond donors (Lipinski definition) is 1. The van der Waals surface area contributed by atoms with Crippen LogP contribution >= 0.6 is 0 Å². The van der Waals surface area contributed by atoms with Gasteiger partial charge in [-0.2, -0.15) is 0 Å². The maximum Gasteiger partial charge on any atom is 0.247 e. The number of anilines is 1. The molecule has 2 aromatic rings. The number of fused-ring (bicyclic) bond motifs is 1. The van der Waals surface area contributed by atoms with Crippen molar-refractivity contribution >= 4 is 26.6 Å². The lowest BCUT2D eigenvalue weighted by molar-refractivity contribution is 0.0343. The molecule has 7 nitrogen and oxygen atoms in total. The van der Waals surface area contributed by atoms with Crippen LogP contribution < -0.4 is 5.32 Å². The summed E-state index contributed by atoms with van der Waals surface area (Å²) in [5, 5.41) is 3.70. The summed E-state index contributed by atoms with van der Waals surface area (Å²) in [5.41, 5.74) is 0.888. The lowest BCUT2D eigenvalue weighted by Crippen LogP contribution is -2.32. The molecule has 0 radical (unpaired) electrons. The van der Waals surface area contributed by atoms with E-state index in [2.05, 4.69) is 20.3 Å². The first kappa shape index (κ1) is 16.6. The fourth-order valence-electron chi connectivity index (χ4n) is 1.83. The van der Waals surface area contributed by atoms with Crippen LogP contribution in [0, 0.1) is 6.92 Å². The number of pyridine rings is 1. The second-order valence-corrected chi connectivity index (χ2v) is 7.70. The number of ether oxygens (including phenoxy) is 1. The van der Waals surface area contributed by atoms with E-state index in [4.69, 9.17) is 4.74 Å². The standard InChI is InChI=1S/C14H20N4O3S/c1-9-6-10-7-15-13(22(5,19)20)18-11(10)12(17-9)16-8-14(2,3)21-4/h6-7H,8H2,1-5H3,(H,16,17). The molecule has 22 heavy (non-hydrogen) atoms. The summed E-state index contributed by atoms with van der Waals surface area (Å²) in [6.07, 6.45) is 2.58. The van der Waals surface area contributed by atoms with Gasteiger partial charge in [-0.25, -0.2) is 23.4 Å². The van der Waals surface area contributed by atoms with E-state index in [0.29, 0.717) is 17.9 Å². The molecule has 0 atom stereocenters. The second-order valence-electron chi connectivity index (χ2n) is 5.79. The van der Waals surface area contributed by atoms with Gasteiger partial charge in [0.25, 0.3) is 0 Å². The molecule has 1 N–H and O–H groups in total. The molecule has 2 aromatic heterocycles. The Morgan fingerprint density at radius 3 is 2.59 bits per heavy atom. The molecule has 0 fully saturated rings. The van der Waals surface area contributed by atoms with Crippen LogP contribution in [-0.2, 0) is 14.6 Å². The highest BCUT2D eigenvalue weighted by Gasteiger charge is 2.18. The van der Waals surface area contributed by atoms with Gasteiger partial charge in [0, 0.05) is 37.2 Å². The lowest BCUT2D eigenvalue weighted by Gasteiger charge is -2.23. The maximum atomic E-state index is 11.6. The van der Waals surface area contributed by atoms with E-state index in [1.54, 1.807) is 7.11 Å². The van der Waals surface area contributed by atoms with Crippen LogP contribution in [0.25, 0.3) is 10.9 Å². The van der Waals surface area contributed by atoms with Crippen molar-refractivity contribution < 1.29 is 13.2 Å². The van der Waals surface area contributed by atoms with Crippen molar-refractivity contribution in [1.29, 1.82) is 0 Å². The number of rotatable bonds is 5. The third-order valence-corrected chi connectivity index (χ3v) is 4.10. The third-order valence-electron chi connectivity index (χ3n) is 3.24. The normalized spacial score (nSPS) is 12.6. The Bertz CT molecular complexity index is 803. The van der Waals surface area contributed by atoms with Crippen LogP contribution in [0.1, 0.15) is 19.5 Å². The highest BCUT2D eigenvalue weighted by molar-refractivity contribution is 7.90. The molecule has 120 valence electrons. The SMILES string of the molecule is COC(C)(C)CNc1nc(C)cc2cnc(S(C)(=O)=O)nc12. The molecule has 0 aliphatic heterocycles. The molecule has 0 amide bonds. The van der Waals surface area contributed by atoms with E-state index in [1.165, 1.54) is 6.20 Å². The molecule has 0 aliphatic carbocycles. The fourth-order valence-corrected chi connectivity index (χ4v) is 2.33. The fraction of sp³-hybridized carbons (Fsp3) is 0.500. The van der Waals surface area contributed by atoms with Gasteiger partial charge < -0.3 is 10.1 Å². The Labute approximate surface area is 130 Å². The van der Waals surface area contributed by atoms with Crippen molar-refractivity contribution in [2.24, 2.45) is 0 Å². The summed E-state index contributed by atoms with van der Waals surface area (Å²) in [7, 11) is -1.84. The Balaban J connectivity index is 2.52. The van der Waals surface area contributed by atoms with Crippen molar-refractivity contribution in [3.05, 3.63) is 18.0 Å². The predicted molar refractivity (Wildman–Crippen MR) is 84.8 cm³/mol. The highest BCUT2D eigenvalue weighted by Crippen LogP contribution is 2.22. The lowest BCUT2D eigenvalue weighted by atomic mass is 10.1. The van der Waals surface area contributed by atoms with Crippen LogP contribution in [0.2, 0.25) is 0 Å². The van der Waals surface area contributed by atoms with Gasteiger partial charge in [0.15, 0.2) is 5.82 Å². The Kier molecular flexibility index (Phi) is 4.35. The van der Waals surface area contributed by atoms with Gasteiger partial charge in [-0.3, -0.25) is 0 Å². The smallest absolute Gasteiger partial charge is 0.247 e. The molecule has 0 aliphatic rings.